The summed E-state index contributed by atoms with van der Waals surface area (Å²) in [5.41, 5.74) is -2.79. The number of hydrogen-bond donors (Lipinski definition) is 1. The lowest BCUT2D eigenvalue weighted by molar-refractivity contribution is 0.0692. The average Bonchev–Trinajstić information content (AvgIpc) is 3.25. The van der Waals surface area contributed by atoms with Crippen LogP contribution in [0, 0.1) is 11.6 Å². The molecule has 1 aliphatic heterocycles. The van der Waals surface area contributed by atoms with E-state index in [-0.39, 0.29) is 5.69 Å². The van der Waals surface area contributed by atoms with Gasteiger partial charge in [-0.15, -0.1) is 0 Å². The third-order valence-corrected chi connectivity index (χ3v) is 5.36. The standard InChI is InChI=1S/C18H17F4N3O3/c1-23-2-4-24(5-3-23)15-11(19)6-9-14(13(15)20)25(12-7-18(12,21)22)8-10(16(9)26)17(27)28/h6,8,12H,2-5,7H2,1H3,(H,27,28). The number of rotatable bonds is 3. The monoisotopic (exact) mass is 399 g/mol. The van der Waals surface area contributed by atoms with Crippen molar-refractivity contribution in [1.29, 1.82) is 0 Å². The summed E-state index contributed by atoms with van der Waals surface area (Å²) in [5.74, 6) is -6.94. The Labute approximate surface area is 156 Å². The van der Waals surface area contributed by atoms with Gasteiger partial charge in [0.2, 0.25) is 5.43 Å². The summed E-state index contributed by atoms with van der Waals surface area (Å²) in [4.78, 5) is 27.2. The molecule has 2 fully saturated rings. The molecule has 2 heterocycles. The van der Waals surface area contributed by atoms with E-state index in [0.29, 0.717) is 26.2 Å². The fourth-order valence-corrected chi connectivity index (χ4v) is 3.65. The van der Waals surface area contributed by atoms with Crippen molar-refractivity contribution in [3.8, 4) is 0 Å². The van der Waals surface area contributed by atoms with Gasteiger partial charge in [-0.05, 0) is 13.1 Å². The van der Waals surface area contributed by atoms with Crippen LogP contribution in [0.4, 0.5) is 23.2 Å². The zero-order valence-electron chi connectivity index (χ0n) is 14.9. The first kappa shape index (κ1) is 18.7. The highest BCUT2D eigenvalue weighted by Gasteiger charge is 2.58. The Hall–Kier alpha value is -2.62. The van der Waals surface area contributed by atoms with Crippen LogP contribution >= 0.6 is 0 Å². The molecular formula is C18H17F4N3O3. The van der Waals surface area contributed by atoms with Crippen molar-refractivity contribution < 1.29 is 27.5 Å². The lowest BCUT2D eigenvalue weighted by atomic mass is 10.1. The Bertz CT molecular complexity index is 1040. The van der Waals surface area contributed by atoms with Gasteiger partial charge in [-0.2, -0.15) is 0 Å². The number of benzene rings is 1. The van der Waals surface area contributed by atoms with Gasteiger partial charge in [-0.1, -0.05) is 0 Å². The molecule has 6 nitrogen and oxygen atoms in total. The topological polar surface area (TPSA) is 65.8 Å². The summed E-state index contributed by atoms with van der Waals surface area (Å²) in [6, 6.07) is -0.730. The molecule has 0 spiro atoms. The van der Waals surface area contributed by atoms with Gasteiger partial charge in [-0.25, -0.2) is 22.4 Å². The number of nitrogens with zero attached hydrogens (tertiary/aromatic N) is 3. The Morgan fingerprint density at radius 1 is 1.21 bits per heavy atom. The average molecular weight is 399 g/mol. The summed E-state index contributed by atoms with van der Waals surface area (Å²) < 4.78 is 58.3. The molecular weight excluding hydrogens is 382 g/mol. The van der Waals surface area contributed by atoms with E-state index in [9.17, 15) is 27.9 Å². The maximum atomic E-state index is 15.4. The molecule has 28 heavy (non-hydrogen) atoms. The van der Waals surface area contributed by atoms with Crippen LogP contribution in [0.1, 0.15) is 22.8 Å². The molecule has 1 aromatic heterocycles. The molecule has 1 saturated carbocycles. The second kappa shape index (κ2) is 6.20. The maximum absolute atomic E-state index is 15.4. The lowest BCUT2D eigenvalue weighted by Crippen LogP contribution is -2.45. The summed E-state index contributed by atoms with van der Waals surface area (Å²) >= 11 is 0. The first-order valence-electron chi connectivity index (χ1n) is 8.73. The number of aromatic carboxylic acids is 1. The van der Waals surface area contributed by atoms with E-state index in [1.807, 2.05) is 11.9 Å². The second-order valence-corrected chi connectivity index (χ2v) is 7.27. The van der Waals surface area contributed by atoms with Crippen molar-refractivity contribution in [2.24, 2.45) is 0 Å². The highest BCUT2D eigenvalue weighted by Crippen LogP contribution is 2.53. The minimum atomic E-state index is -3.15. The number of pyridine rings is 1. The largest absolute Gasteiger partial charge is 0.477 e. The Balaban J connectivity index is 1.98. The molecule has 1 atom stereocenters. The van der Waals surface area contributed by atoms with Crippen LogP contribution in [0.25, 0.3) is 10.9 Å². The van der Waals surface area contributed by atoms with Crippen LogP contribution < -0.4 is 10.3 Å². The van der Waals surface area contributed by atoms with E-state index in [2.05, 4.69) is 0 Å². The number of likely N-dealkylation sites (N-methyl/N-ethyl adjacent to an activating group) is 1. The number of fused-ring (bicyclic) bond motifs is 1. The minimum Gasteiger partial charge on any atom is -0.477 e. The number of halogens is 4. The summed E-state index contributed by atoms with van der Waals surface area (Å²) in [7, 11) is 1.87. The first-order valence-corrected chi connectivity index (χ1v) is 8.73. The van der Waals surface area contributed by atoms with Gasteiger partial charge in [0, 0.05) is 38.8 Å². The quantitative estimate of drug-likeness (QED) is 0.803. The summed E-state index contributed by atoms with van der Waals surface area (Å²) in [5, 5.41) is 8.64. The number of piperazine rings is 1. The van der Waals surface area contributed by atoms with Gasteiger partial charge in [0.25, 0.3) is 5.92 Å². The number of anilines is 1. The molecule has 1 unspecified atom stereocenters. The lowest BCUT2D eigenvalue weighted by Gasteiger charge is -2.34. The SMILES string of the molecule is CN1CCN(c2c(F)cc3c(=O)c(C(=O)O)cn(C4CC4(F)F)c3c2F)CC1. The highest BCUT2D eigenvalue weighted by molar-refractivity contribution is 5.94. The minimum absolute atomic E-state index is 0.326. The predicted molar refractivity (Wildman–Crippen MR) is 93.4 cm³/mol. The van der Waals surface area contributed by atoms with Crippen LogP contribution in [-0.2, 0) is 0 Å². The summed E-state index contributed by atoms with van der Waals surface area (Å²) in [6.45, 7) is 1.77. The molecule has 0 amide bonds. The van der Waals surface area contributed by atoms with Crippen molar-refractivity contribution >= 4 is 22.6 Å². The number of carboxylic acids is 1. The smallest absolute Gasteiger partial charge is 0.341 e. The molecule has 10 heteroatoms. The maximum Gasteiger partial charge on any atom is 0.341 e. The normalized spacial score (nSPS) is 21.9. The molecule has 150 valence electrons. The zero-order valence-corrected chi connectivity index (χ0v) is 14.9. The van der Waals surface area contributed by atoms with Crippen LogP contribution in [0.5, 0.6) is 0 Å². The Morgan fingerprint density at radius 2 is 1.82 bits per heavy atom. The highest BCUT2D eigenvalue weighted by atomic mass is 19.3. The molecule has 0 radical (unpaired) electrons. The van der Waals surface area contributed by atoms with E-state index in [1.54, 1.807) is 0 Å². The predicted octanol–water partition coefficient (Wildman–Crippen LogP) is 2.31. The number of hydrogen-bond acceptors (Lipinski definition) is 4. The Kier molecular flexibility index (Phi) is 4.14. The van der Waals surface area contributed by atoms with Crippen LogP contribution in [0.3, 0.4) is 0 Å². The molecule has 1 N–H and O–H groups in total. The molecule has 4 rings (SSSR count). The van der Waals surface area contributed by atoms with Gasteiger partial charge in [0.1, 0.15) is 23.1 Å². The molecule has 2 aromatic rings. The summed E-state index contributed by atoms with van der Waals surface area (Å²) in [6.07, 6.45) is 0.123. The van der Waals surface area contributed by atoms with Crippen LogP contribution in [-0.4, -0.2) is 59.7 Å². The number of carboxylic acid groups (broad SMARTS) is 1. The van der Waals surface area contributed by atoms with E-state index in [0.717, 1.165) is 16.8 Å². The van der Waals surface area contributed by atoms with Gasteiger partial charge in [-0.3, -0.25) is 4.79 Å². The van der Waals surface area contributed by atoms with Crippen molar-refractivity contribution in [3.05, 3.63) is 39.7 Å². The van der Waals surface area contributed by atoms with Crippen molar-refractivity contribution in [2.45, 2.75) is 18.4 Å². The number of aromatic nitrogens is 1. The van der Waals surface area contributed by atoms with E-state index in [4.69, 9.17) is 0 Å². The molecule has 1 aromatic carbocycles. The van der Waals surface area contributed by atoms with Gasteiger partial charge in [0.05, 0.1) is 10.9 Å². The third-order valence-electron chi connectivity index (χ3n) is 5.36. The van der Waals surface area contributed by atoms with E-state index >= 15 is 4.39 Å². The van der Waals surface area contributed by atoms with Crippen molar-refractivity contribution in [1.82, 2.24) is 9.47 Å². The van der Waals surface area contributed by atoms with E-state index in [1.165, 1.54) is 4.90 Å². The Morgan fingerprint density at radius 3 is 2.36 bits per heavy atom. The first-order chi connectivity index (χ1) is 13.1. The number of carbonyl (C=O) groups is 1. The molecule has 1 saturated heterocycles. The van der Waals surface area contributed by atoms with Crippen molar-refractivity contribution in [3.63, 3.8) is 0 Å². The molecule has 2 aliphatic rings. The van der Waals surface area contributed by atoms with Crippen LogP contribution in [0.2, 0.25) is 0 Å². The van der Waals surface area contributed by atoms with Gasteiger partial charge >= 0.3 is 5.97 Å². The number of alkyl halides is 2. The second-order valence-electron chi connectivity index (χ2n) is 7.27. The van der Waals surface area contributed by atoms with E-state index < -0.39 is 57.9 Å². The van der Waals surface area contributed by atoms with Crippen molar-refractivity contribution in [2.75, 3.05) is 38.1 Å². The zero-order chi connectivity index (χ0) is 20.4. The fraction of sp³-hybridized carbons (Fsp3) is 0.444. The molecule has 0 bridgehead atoms. The van der Waals surface area contributed by atoms with Gasteiger partial charge < -0.3 is 19.5 Å². The van der Waals surface area contributed by atoms with Gasteiger partial charge in [0.15, 0.2) is 5.82 Å². The molecule has 1 aliphatic carbocycles. The fourth-order valence-electron chi connectivity index (χ4n) is 3.65. The van der Waals surface area contributed by atoms with Crippen LogP contribution in [0.15, 0.2) is 17.1 Å². The third kappa shape index (κ3) is 2.83.